The average Bonchev–Trinajstić information content (AvgIpc) is 2.36. The summed E-state index contributed by atoms with van der Waals surface area (Å²) in [5.41, 5.74) is 0.337. The number of hydrogen-bond donors (Lipinski definition) is 0. The van der Waals surface area contributed by atoms with Crippen molar-refractivity contribution in [1.82, 2.24) is 0 Å². The van der Waals surface area contributed by atoms with E-state index in [0.29, 0.717) is 10.6 Å². The molecule has 0 aromatic heterocycles. The molecule has 1 atom stereocenters. The second-order valence-corrected chi connectivity index (χ2v) is 4.52. The third-order valence-corrected chi connectivity index (χ3v) is 2.76. The van der Waals surface area contributed by atoms with Gasteiger partial charge in [0.25, 0.3) is 0 Å². The first-order valence-corrected chi connectivity index (χ1v) is 6.29. The molecule has 102 valence electrons. The zero-order valence-corrected chi connectivity index (χ0v) is 11.6. The smallest absolute Gasteiger partial charge is 0.317 e. The number of ether oxygens (including phenoxy) is 1. The van der Waals surface area contributed by atoms with Gasteiger partial charge in [0, 0.05) is 17.0 Å². The lowest BCUT2D eigenvalue weighted by molar-refractivity contribution is -0.147. The van der Waals surface area contributed by atoms with Crippen molar-refractivity contribution in [3.63, 3.8) is 0 Å². The van der Waals surface area contributed by atoms with Crippen LogP contribution >= 0.6 is 11.6 Å². The van der Waals surface area contributed by atoms with Crippen LogP contribution in [0.25, 0.3) is 0 Å². The summed E-state index contributed by atoms with van der Waals surface area (Å²) in [6.45, 7) is 3.15. The molecule has 4 nitrogen and oxygen atoms in total. The highest BCUT2D eigenvalue weighted by Gasteiger charge is 2.30. The molecule has 0 radical (unpaired) electrons. The summed E-state index contributed by atoms with van der Waals surface area (Å²) in [5, 5.41) is 0.496. The number of hydrogen-bond acceptors (Lipinski definition) is 4. The van der Waals surface area contributed by atoms with Crippen molar-refractivity contribution in [2.45, 2.75) is 20.3 Å². The Morgan fingerprint density at radius 2 is 1.79 bits per heavy atom. The molecule has 0 saturated carbocycles. The summed E-state index contributed by atoms with van der Waals surface area (Å²) in [4.78, 5) is 35.1. The SMILES string of the molecule is CCOC(=O)C(CC(C)=O)C(=O)c1ccc(Cl)cc1. The lowest BCUT2D eigenvalue weighted by atomic mass is 9.93. The molecule has 0 amide bonds. The van der Waals surface area contributed by atoms with Crippen LogP contribution in [-0.4, -0.2) is 24.1 Å². The Morgan fingerprint density at radius 1 is 1.21 bits per heavy atom. The second-order valence-electron chi connectivity index (χ2n) is 4.08. The number of ketones is 2. The molecule has 0 fully saturated rings. The van der Waals surface area contributed by atoms with Crippen LogP contribution in [0.5, 0.6) is 0 Å². The third kappa shape index (κ3) is 4.48. The standard InChI is InChI=1S/C14H15ClO4/c1-3-19-14(18)12(8-9(2)16)13(17)10-4-6-11(15)7-5-10/h4-7,12H,3,8H2,1-2H3. The maximum atomic E-state index is 12.2. The van der Waals surface area contributed by atoms with Crippen molar-refractivity contribution < 1.29 is 19.1 Å². The van der Waals surface area contributed by atoms with Gasteiger partial charge in [-0.2, -0.15) is 0 Å². The summed E-state index contributed by atoms with van der Waals surface area (Å²) >= 11 is 5.74. The van der Waals surface area contributed by atoms with Gasteiger partial charge in [-0.1, -0.05) is 11.6 Å². The maximum absolute atomic E-state index is 12.2. The molecule has 0 spiro atoms. The van der Waals surface area contributed by atoms with Crippen LogP contribution in [0.3, 0.4) is 0 Å². The molecular weight excluding hydrogens is 268 g/mol. The number of Topliss-reactive ketones (excluding diaryl/α,β-unsaturated/α-hetero) is 2. The first-order valence-electron chi connectivity index (χ1n) is 5.91. The lowest BCUT2D eigenvalue weighted by Crippen LogP contribution is -2.28. The zero-order chi connectivity index (χ0) is 14.4. The van der Waals surface area contributed by atoms with Crippen molar-refractivity contribution in [2.75, 3.05) is 6.61 Å². The van der Waals surface area contributed by atoms with E-state index in [1.807, 2.05) is 0 Å². The van der Waals surface area contributed by atoms with Gasteiger partial charge in [0.05, 0.1) is 6.61 Å². The number of carbonyl (C=O) groups excluding carboxylic acids is 3. The van der Waals surface area contributed by atoms with Gasteiger partial charge < -0.3 is 4.74 Å². The van der Waals surface area contributed by atoms with Crippen molar-refractivity contribution >= 4 is 29.1 Å². The molecule has 0 saturated heterocycles. The summed E-state index contributed by atoms with van der Waals surface area (Å²) in [5.74, 6) is -2.41. The average molecular weight is 283 g/mol. The minimum atomic E-state index is -1.08. The van der Waals surface area contributed by atoms with Gasteiger partial charge in [0.2, 0.25) is 0 Å². The van der Waals surface area contributed by atoms with Gasteiger partial charge in [-0.05, 0) is 38.1 Å². The van der Waals surface area contributed by atoms with E-state index in [1.165, 1.54) is 19.1 Å². The van der Waals surface area contributed by atoms with Crippen LogP contribution < -0.4 is 0 Å². The highest BCUT2D eigenvalue weighted by molar-refractivity contribution is 6.30. The van der Waals surface area contributed by atoms with Crippen LogP contribution in [0.1, 0.15) is 30.6 Å². The number of rotatable bonds is 6. The van der Waals surface area contributed by atoms with E-state index in [-0.39, 0.29) is 18.8 Å². The number of halogens is 1. The van der Waals surface area contributed by atoms with Gasteiger partial charge in [-0.3, -0.25) is 14.4 Å². The fourth-order valence-electron chi connectivity index (χ4n) is 1.63. The monoisotopic (exact) mass is 282 g/mol. The Hall–Kier alpha value is -1.68. The maximum Gasteiger partial charge on any atom is 0.317 e. The topological polar surface area (TPSA) is 60.4 Å². The second kappa shape index (κ2) is 7.04. The van der Waals surface area contributed by atoms with E-state index in [4.69, 9.17) is 16.3 Å². The molecule has 0 aliphatic heterocycles. The highest BCUT2D eigenvalue weighted by atomic mass is 35.5. The number of carbonyl (C=O) groups is 3. The summed E-state index contributed by atoms with van der Waals surface area (Å²) < 4.78 is 4.83. The van der Waals surface area contributed by atoms with E-state index < -0.39 is 17.7 Å². The van der Waals surface area contributed by atoms with Gasteiger partial charge in [-0.15, -0.1) is 0 Å². The van der Waals surface area contributed by atoms with Gasteiger partial charge in [0.1, 0.15) is 11.7 Å². The first kappa shape index (κ1) is 15.4. The quantitative estimate of drug-likeness (QED) is 0.457. The summed E-state index contributed by atoms with van der Waals surface area (Å²) in [7, 11) is 0. The van der Waals surface area contributed by atoms with Crippen LogP contribution in [0.4, 0.5) is 0 Å². The van der Waals surface area contributed by atoms with Crippen molar-refractivity contribution in [1.29, 1.82) is 0 Å². The van der Waals surface area contributed by atoms with Crippen LogP contribution in [0, 0.1) is 5.92 Å². The number of esters is 1. The van der Waals surface area contributed by atoms with Gasteiger partial charge in [0.15, 0.2) is 5.78 Å². The Bertz CT molecular complexity index is 479. The highest BCUT2D eigenvalue weighted by Crippen LogP contribution is 2.17. The minimum absolute atomic E-state index is 0.152. The normalized spacial score (nSPS) is 11.7. The Balaban J connectivity index is 2.96. The Labute approximate surface area is 116 Å². The van der Waals surface area contributed by atoms with Crippen molar-refractivity contribution in [2.24, 2.45) is 5.92 Å². The molecule has 19 heavy (non-hydrogen) atoms. The molecule has 1 unspecified atom stereocenters. The van der Waals surface area contributed by atoms with Crippen LogP contribution in [0.15, 0.2) is 24.3 Å². The van der Waals surface area contributed by atoms with E-state index in [1.54, 1.807) is 19.1 Å². The van der Waals surface area contributed by atoms with Crippen molar-refractivity contribution in [3.05, 3.63) is 34.9 Å². The van der Waals surface area contributed by atoms with Crippen molar-refractivity contribution in [3.8, 4) is 0 Å². The first-order chi connectivity index (χ1) is 8.95. The van der Waals surface area contributed by atoms with Crippen LogP contribution in [0.2, 0.25) is 5.02 Å². The lowest BCUT2D eigenvalue weighted by Gasteiger charge is -2.13. The van der Waals surface area contributed by atoms with Gasteiger partial charge in [-0.25, -0.2) is 0 Å². The van der Waals surface area contributed by atoms with E-state index in [0.717, 1.165) is 0 Å². The molecule has 1 rings (SSSR count). The molecule has 0 heterocycles. The third-order valence-electron chi connectivity index (χ3n) is 2.51. The largest absolute Gasteiger partial charge is 0.465 e. The fourth-order valence-corrected chi connectivity index (χ4v) is 1.75. The van der Waals surface area contributed by atoms with E-state index in [2.05, 4.69) is 0 Å². The summed E-state index contributed by atoms with van der Waals surface area (Å²) in [6.07, 6.45) is -0.152. The van der Waals surface area contributed by atoms with Crippen LogP contribution in [-0.2, 0) is 14.3 Å². The molecule has 0 bridgehead atoms. The predicted octanol–water partition coefficient (Wildman–Crippen LogP) is 2.68. The van der Waals surface area contributed by atoms with Gasteiger partial charge >= 0.3 is 5.97 Å². The molecule has 5 heteroatoms. The minimum Gasteiger partial charge on any atom is -0.465 e. The number of benzene rings is 1. The van der Waals surface area contributed by atoms with E-state index >= 15 is 0 Å². The molecule has 1 aromatic carbocycles. The zero-order valence-electron chi connectivity index (χ0n) is 10.8. The molecule has 0 N–H and O–H groups in total. The Morgan fingerprint density at radius 3 is 2.26 bits per heavy atom. The fraction of sp³-hybridized carbons (Fsp3) is 0.357. The molecule has 0 aliphatic carbocycles. The summed E-state index contributed by atoms with van der Waals surface area (Å²) in [6, 6.07) is 6.17. The predicted molar refractivity (Wildman–Crippen MR) is 71.2 cm³/mol. The molecule has 1 aromatic rings. The molecule has 0 aliphatic rings. The van der Waals surface area contributed by atoms with E-state index in [9.17, 15) is 14.4 Å². The Kier molecular flexibility index (Phi) is 5.70. The molecular formula is C14H15ClO4.